The SMILES string of the molecule is Cc1cc([C@H]2CCCN2C(=O)CCc2c(C)nc(=O)[nH]c2C)on1. The number of hydrogen-bond acceptors (Lipinski definition) is 5. The number of aryl methyl sites for hydroxylation is 3. The fraction of sp³-hybridized carbons (Fsp3) is 0.529. The van der Waals surface area contributed by atoms with Crippen LogP contribution in [0, 0.1) is 20.8 Å². The molecule has 1 saturated heterocycles. The van der Waals surface area contributed by atoms with E-state index in [2.05, 4.69) is 15.1 Å². The summed E-state index contributed by atoms with van der Waals surface area (Å²) in [5.74, 6) is 0.855. The molecule has 0 spiro atoms. The number of nitrogens with zero attached hydrogens (tertiary/aromatic N) is 3. The summed E-state index contributed by atoms with van der Waals surface area (Å²) in [6.45, 7) is 6.26. The van der Waals surface area contributed by atoms with Gasteiger partial charge in [0, 0.05) is 30.4 Å². The second-order valence-corrected chi connectivity index (χ2v) is 6.35. The first-order chi connectivity index (χ1) is 11.5. The van der Waals surface area contributed by atoms with Crippen LogP contribution >= 0.6 is 0 Å². The highest BCUT2D eigenvalue weighted by Gasteiger charge is 2.32. The van der Waals surface area contributed by atoms with Gasteiger partial charge in [-0.25, -0.2) is 4.79 Å². The van der Waals surface area contributed by atoms with E-state index in [0.29, 0.717) is 18.5 Å². The van der Waals surface area contributed by atoms with Gasteiger partial charge in [-0.05, 0) is 45.6 Å². The fourth-order valence-corrected chi connectivity index (χ4v) is 3.40. The summed E-state index contributed by atoms with van der Waals surface area (Å²) in [6.07, 6.45) is 2.82. The Morgan fingerprint density at radius 3 is 2.88 bits per heavy atom. The molecule has 7 nitrogen and oxygen atoms in total. The summed E-state index contributed by atoms with van der Waals surface area (Å²) in [5, 5.41) is 3.93. The minimum Gasteiger partial charge on any atom is -0.359 e. The van der Waals surface area contributed by atoms with Crippen LogP contribution in [0.15, 0.2) is 15.4 Å². The first-order valence-electron chi connectivity index (χ1n) is 8.25. The Balaban J connectivity index is 1.70. The lowest BCUT2D eigenvalue weighted by Gasteiger charge is -2.23. The fourth-order valence-electron chi connectivity index (χ4n) is 3.40. The number of amides is 1. The Hall–Kier alpha value is -2.44. The Bertz CT molecular complexity index is 782. The Morgan fingerprint density at radius 1 is 1.42 bits per heavy atom. The molecule has 0 unspecified atom stereocenters. The van der Waals surface area contributed by atoms with Crippen LogP contribution in [0.2, 0.25) is 0 Å². The molecule has 2 aromatic heterocycles. The molecule has 1 aliphatic heterocycles. The van der Waals surface area contributed by atoms with E-state index < -0.39 is 0 Å². The number of hydrogen-bond donors (Lipinski definition) is 1. The second kappa shape index (κ2) is 6.59. The highest BCUT2D eigenvalue weighted by atomic mass is 16.5. The maximum absolute atomic E-state index is 12.7. The molecule has 128 valence electrons. The third kappa shape index (κ3) is 3.25. The van der Waals surface area contributed by atoms with Crippen LogP contribution in [0.3, 0.4) is 0 Å². The molecule has 3 rings (SSSR count). The van der Waals surface area contributed by atoms with Gasteiger partial charge in [0.25, 0.3) is 0 Å². The molecule has 0 saturated carbocycles. The van der Waals surface area contributed by atoms with Crippen LogP contribution in [0.4, 0.5) is 0 Å². The number of carbonyl (C=O) groups excluding carboxylic acids is 1. The van der Waals surface area contributed by atoms with E-state index in [1.165, 1.54) is 0 Å². The number of likely N-dealkylation sites (tertiary alicyclic amines) is 1. The van der Waals surface area contributed by atoms with E-state index in [4.69, 9.17) is 4.52 Å². The van der Waals surface area contributed by atoms with Crippen LogP contribution in [-0.2, 0) is 11.2 Å². The van der Waals surface area contributed by atoms with E-state index in [1.54, 1.807) is 6.92 Å². The van der Waals surface area contributed by atoms with Gasteiger partial charge in [-0.1, -0.05) is 5.16 Å². The van der Waals surface area contributed by atoms with Crippen molar-refractivity contribution in [1.82, 2.24) is 20.0 Å². The number of H-pyrrole nitrogens is 1. The summed E-state index contributed by atoms with van der Waals surface area (Å²) >= 11 is 0. The van der Waals surface area contributed by atoms with Crippen molar-refractivity contribution in [3.8, 4) is 0 Å². The topological polar surface area (TPSA) is 92.1 Å². The number of rotatable bonds is 4. The van der Waals surface area contributed by atoms with Crippen LogP contribution in [-0.4, -0.2) is 32.5 Å². The van der Waals surface area contributed by atoms with Crippen LogP contribution in [0.1, 0.15) is 53.7 Å². The normalized spacial score (nSPS) is 17.5. The molecule has 0 aromatic carbocycles. The first kappa shape index (κ1) is 16.4. The second-order valence-electron chi connectivity index (χ2n) is 6.35. The molecule has 24 heavy (non-hydrogen) atoms. The van der Waals surface area contributed by atoms with Gasteiger partial charge >= 0.3 is 5.69 Å². The summed E-state index contributed by atoms with van der Waals surface area (Å²) in [6, 6.07) is 1.88. The molecule has 3 heterocycles. The third-order valence-corrected chi connectivity index (χ3v) is 4.59. The number of aromatic amines is 1. The van der Waals surface area contributed by atoms with E-state index in [-0.39, 0.29) is 17.6 Å². The molecule has 1 N–H and O–H groups in total. The van der Waals surface area contributed by atoms with Gasteiger partial charge in [0.15, 0.2) is 5.76 Å². The highest BCUT2D eigenvalue weighted by molar-refractivity contribution is 5.77. The van der Waals surface area contributed by atoms with Gasteiger partial charge in [0.05, 0.1) is 11.7 Å². The quantitative estimate of drug-likeness (QED) is 0.925. The van der Waals surface area contributed by atoms with Gasteiger partial charge in [-0.15, -0.1) is 0 Å². The lowest BCUT2D eigenvalue weighted by Crippen LogP contribution is -2.30. The van der Waals surface area contributed by atoms with Crippen molar-refractivity contribution in [3.05, 3.63) is 45.0 Å². The van der Waals surface area contributed by atoms with Gasteiger partial charge in [0.2, 0.25) is 5.91 Å². The largest absolute Gasteiger partial charge is 0.359 e. The minimum absolute atomic E-state index is 0.0189. The Kier molecular flexibility index (Phi) is 4.51. The predicted molar refractivity (Wildman–Crippen MR) is 87.6 cm³/mol. The standard InChI is InChI=1S/C17H22N4O3/c1-10-9-15(24-20-10)14-5-4-8-21(14)16(22)7-6-13-11(2)18-17(23)19-12(13)3/h9,14H,4-8H2,1-3H3,(H,18,19,23)/t14-/m1/s1. The smallest absolute Gasteiger partial charge is 0.345 e. The molecule has 1 aliphatic rings. The zero-order valence-electron chi connectivity index (χ0n) is 14.3. The van der Waals surface area contributed by atoms with Crippen LogP contribution in [0.5, 0.6) is 0 Å². The van der Waals surface area contributed by atoms with E-state index >= 15 is 0 Å². The van der Waals surface area contributed by atoms with E-state index in [0.717, 1.165) is 42.1 Å². The van der Waals surface area contributed by atoms with E-state index in [9.17, 15) is 9.59 Å². The molecule has 7 heteroatoms. The summed E-state index contributed by atoms with van der Waals surface area (Å²) in [5.41, 5.74) is 2.89. The van der Waals surface area contributed by atoms with Crippen molar-refractivity contribution < 1.29 is 9.32 Å². The molecule has 0 radical (unpaired) electrons. The van der Waals surface area contributed by atoms with Crippen molar-refractivity contribution in [1.29, 1.82) is 0 Å². The maximum Gasteiger partial charge on any atom is 0.345 e. The molecule has 0 bridgehead atoms. The van der Waals surface area contributed by atoms with Crippen molar-refractivity contribution in [2.24, 2.45) is 0 Å². The van der Waals surface area contributed by atoms with Crippen molar-refractivity contribution in [3.63, 3.8) is 0 Å². The first-order valence-corrected chi connectivity index (χ1v) is 8.25. The van der Waals surface area contributed by atoms with Crippen molar-refractivity contribution in [2.75, 3.05) is 6.54 Å². The molecule has 2 aromatic rings. The molecule has 0 aliphatic carbocycles. The third-order valence-electron chi connectivity index (χ3n) is 4.59. The summed E-state index contributed by atoms with van der Waals surface area (Å²) < 4.78 is 5.35. The Labute approximate surface area is 140 Å². The zero-order valence-corrected chi connectivity index (χ0v) is 14.3. The van der Waals surface area contributed by atoms with Crippen molar-refractivity contribution in [2.45, 2.75) is 52.5 Å². The molecular formula is C17H22N4O3. The van der Waals surface area contributed by atoms with Gasteiger partial charge in [-0.2, -0.15) is 4.98 Å². The highest BCUT2D eigenvalue weighted by Crippen LogP contribution is 2.32. The number of carbonyl (C=O) groups is 1. The van der Waals surface area contributed by atoms with Gasteiger partial charge < -0.3 is 14.4 Å². The Morgan fingerprint density at radius 2 is 2.21 bits per heavy atom. The lowest BCUT2D eigenvalue weighted by atomic mass is 10.1. The summed E-state index contributed by atoms with van der Waals surface area (Å²) in [4.78, 5) is 32.5. The average molecular weight is 330 g/mol. The molecular weight excluding hydrogens is 308 g/mol. The molecule has 1 amide bonds. The summed E-state index contributed by atoms with van der Waals surface area (Å²) in [7, 11) is 0. The lowest BCUT2D eigenvalue weighted by molar-refractivity contribution is -0.132. The van der Waals surface area contributed by atoms with Crippen LogP contribution in [0.25, 0.3) is 0 Å². The predicted octanol–water partition coefficient (Wildman–Crippen LogP) is 1.98. The monoisotopic (exact) mass is 330 g/mol. The average Bonchev–Trinajstić information content (AvgIpc) is 3.14. The maximum atomic E-state index is 12.7. The van der Waals surface area contributed by atoms with Gasteiger partial charge in [-0.3, -0.25) is 4.79 Å². The zero-order chi connectivity index (χ0) is 17.3. The van der Waals surface area contributed by atoms with Crippen LogP contribution < -0.4 is 5.69 Å². The molecule has 1 fully saturated rings. The van der Waals surface area contributed by atoms with Gasteiger partial charge in [0.1, 0.15) is 0 Å². The number of aromatic nitrogens is 3. The molecule has 1 atom stereocenters. The van der Waals surface area contributed by atoms with E-state index in [1.807, 2.05) is 24.8 Å². The van der Waals surface area contributed by atoms with Crippen molar-refractivity contribution >= 4 is 5.91 Å². The number of nitrogens with one attached hydrogen (secondary N) is 1. The minimum atomic E-state index is -0.347.